The SMILES string of the molecule is CNC(=O)CN1c2ccccc2C(=O)N(C)C1c1ccc(C)c([N+](=O)[O-])c1. The standard InChI is InChI=1S/C19H20N4O4/c1-12-8-9-13(10-16(12)23(26)27)18-21(3)19(25)14-6-4-5-7-15(14)22(18)11-17(24)20-2/h4-10,18H,11H2,1-3H3,(H,20,24). The molecule has 8 heteroatoms. The van der Waals surface area contributed by atoms with Crippen LogP contribution in [0.25, 0.3) is 0 Å². The molecule has 140 valence electrons. The van der Waals surface area contributed by atoms with E-state index in [-0.39, 0.29) is 24.0 Å². The summed E-state index contributed by atoms with van der Waals surface area (Å²) in [4.78, 5) is 39.2. The zero-order chi connectivity index (χ0) is 19.7. The van der Waals surface area contributed by atoms with Crippen LogP contribution in [0.2, 0.25) is 0 Å². The summed E-state index contributed by atoms with van der Waals surface area (Å²) in [5, 5.41) is 13.9. The molecule has 0 radical (unpaired) electrons. The molecule has 1 unspecified atom stereocenters. The summed E-state index contributed by atoms with van der Waals surface area (Å²) in [6, 6.07) is 11.9. The van der Waals surface area contributed by atoms with Crippen molar-refractivity contribution < 1.29 is 14.5 Å². The van der Waals surface area contributed by atoms with Gasteiger partial charge in [-0.05, 0) is 19.1 Å². The maximum absolute atomic E-state index is 12.9. The van der Waals surface area contributed by atoms with Crippen LogP contribution in [0.3, 0.4) is 0 Å². The van der Waals surface area contributed by atoms with E-state index in [0.717, 1.165) is 0 Å². The Morgan fingerprint density at radius 1 is 1.26 bits per heavy atom. The van der Waals surface area contributed by atoms with Gasteiger partial charge in [-0.15, -0.1) is 0 Å². The van der Waals surface area contributed by atoms with Gasteiger partial charge in [0.15, 0.2) is 0 Å². The van der Waals surface area contributed by atoms with Crippen molar-refractivity contribution in [2.75, 3.05) is 25.5 Å². The Labute approximate surface area is 156 Å². The Morgan fingerprint density at radius 3 is 2.63 bits per heavy atom. The first-order chi connectivity index (χ1) is 12.8. The predicted molar refractivity (Wildman–Crippen MR) is 101 cm³/mol. The highest BCUT2D eigenvalue weighted by Gasteiger charge is 2.37. The first-order valence-electron chi connectivity index (χ1n) is 8.43. The largest absolute Gasteiger partial charge is 0.358 e. The molecular formula is C19H20N4O4. The molecule has 0 aliphatic carbocycles. The molecule has 1 heterocycles. The van der Waals surface area contributed by atoms with E-state index in [0.29, 0.717) is 22.4 Å². The van der Waals surface area contributed by atoms with Gasteiger partial charge in [0.2, 0.25) is 5.91 Å². The number of nitro groups is 1. The van der Waals surface area contributed by atoms with Gasteiger partial charge in [-0.3, -0.25) is 19.7 Å². The van der Waals surface area contributed by atoms with Gasteiger partial charge in [0.1, 0.15) is 6.17 Å². The van der Waals surface area contributed by atoms with E-state index in [2.05, 4.69) is 5.32 Å². The minimum Gasteiger partial charge on any atom is -0.358 e. The van der Waals surface area contributed by atoms with Crippen LogP contribution in [-0.4, -0.2) is 42.3 Å². The Bertz CT molecular complexity index is 928. The van der Waals surface area contributed by atoms with Crippen molar-refractivity contribution >= 4 is 23.2 Å². The number of rotatable bonds is 4. The fourth-order valence-electron chi connectivity index (χ4n) is 3.34. The third-order valence-corrected chi connectivity index (χ3v) is 4.75. The first kappa shape index (κ1) is 18.4. The second-order valence-corrected chi connectivity index (χ2v) is 6.41. The third kappa shape index (κ3) is 3.21. The smallest absolute Gasteiger partial charge is 0.272 e. The van der Waals surface area contributed by atoms with E-state index in [4.69, 9.17) is 0 Å². The van der Waals surface area contributed by atoms with Gasteiger partial charge >= 0.3 is 0 Å². The zero-order valence-corrected chi connectivity index (χ0v) is 15.3. The van der Waals surface area contributed by atoms with E-state index >= 15 is 0 Å². The van der Waals surface area contributed by atoms with Gasteiger partial charge < -0.3 is 15.1 Å². The summed E-state index contributed by atoms with van der Waals surface area (Å²) in [5.41, 5.74) is 2.19. The number of benzene rings is 2. The van der Waals surface area contributed by atoms with Crippen molar-refractivity contribution in [3.63, 3.8) is 0 Å². The van der Waals surface area contributed by atoms with Crippen LogP contribution in [0.4, 0.5) is 11.4 Å². The van der Waals surface area contributed by atoms with Gasteiger partial charge in [0, 0.05) is 31.3 Å². The highest BCUT2D eigenvalue weighted by atomic mass is 16.6. The number of fused-ring (bicyclic) bond motifs is 1. The summed E-state index contributed by atoms with van der Waals surface area (Å²) in [5.74, 6) is -0.425. The molecule has 0 saturated carbocycles. The fraction of sp³-hybridized carbons (Fsp3) is 0.263. The van der Waals surface area contributed by atoms with Crippen molar-refractivity contribution in [1.82, 2.24) is 10.2 Å². The number of amides is 2. The molecule has 1 N–H and O–H groups in total. The van der Waals surface area contributed by atoms with Gasteiger partial charge in [-0.2, -0.15) is 0 Å². The minimum atomic E-state index is -0.635. The van der Waals surface area contributed by atoms with Crippen LogP contribution in [0.5, 0.6) is 0 Å². The number of nitrogens with one attached hydrogen (secondary N) is 1. The molecule has 0 bridgehead atoms. The summed E-state index contributed by atoms with van der Waals surface area (Å²) >= 11 is 0. The fourth-order valence-corrected chi connectivity index (χ4v) is 3.34. The molecule has 8 nitrogen and oxygen atoms in total. The molecule has 1 aliphatic heterocycles. The molecular weight excluding hydrogens is 348 g/mol. The normalized spacial score (nSPS) is 16.1. The molecule has 0 fully saturated rings. The number of hydrogen-bond acceptors (Lipinski definition) is 5. The minimum absolute atomic E-state index is 0.0114. The molecule has 1 aliphatic rings. The van der Waals surface area contributed by atoms with Gasteiger partial charge in [-0.1, -0.05) is 24.3 Å². The molecule has 3 rings (SSSR count). The number of carbonyl (C=O) groups is 2. The van der Waals surface area contributed by atoms with Crippen LogP contribution in [-0.2, 0) is 4.79 Å². The topological polar surface area (TPSA) is 95.8 Å². The van der Waals surface area contributed by atoms with Gasteiger partial charge in [-0.25, -0.2) is 0 Å². The van der Waals surface area contributed by atoms with E-state index in [1.807, 2.05) is 0 Å². The number of likely N-dealkylation sites (N-methyl/N-ethyl adjacent to an activating group) is 1. The van der Waals surface area contributed by atoms with Gasteiger partial charge in [0.05, 0.1) is 22.7 Å². The van der Waals surface area contributed by atoms with Crippen molar-refractivity contribution in [3.05, 3.63) is 69.3 Å². The number of nitro benzene ring substituents is 1. The second-order valence-electron chi connectivity index (χ2n) is 6.41. The molecule has 2 amide bonds. The highest BCUT2D eigenvalue weighted by Crippen LogP contribution is 2.38. The van der Waals surface area contributed by atoms with Crippen molar-refractivity contribution in [2.45, 2.75) is 13.1 Å². The van der Waals surface area contributed by atoms with Crippen molar-refractivity contribution in [2.24, 2.45) is 0 Å². The Kier molecular flexibility index (Phi) is 4.81. The highest BCUT2D eigenvalue weighted by molar-refractivity contribution is 6.02. The van der Waals surface area contributed by atoms with E-state index in [1.165, 1.54) is 11.0 Å². The third-order valence-electron chi connectivity index (χ3n) is 4.75. The maximum Gasteiger partial charge on any atom is 0.272 e. The second kappa shape index (κ2) is 7.06. The van der Waals surface area contributed by atoms with Crippen molar-refractivity contribution in [3.8, 4) is 0 Å². The number of anilines is 1. The van der Waals surface area contributed by atoms with Crippen LogP contribution >= 0.6 is 0 Å². The first-order valence-corrected chi connectivity index (χ1v) is 8.43. The predicted octanol–water partition coefficient (Wildman–Crippen LogP) is 2.24. The summed E-state index contributed by atoms with van der Waals surface area (Å²) in [7, 11) is 3.17. The average Bonchev–Trinajstić information content (AvgIpc) is 2.66. The molecule has 27 heavy (non-hydrogen) atoms. The quantitative estimate of drug-likeness (QED) is 0.660. The number of para-hydroxylation sites is 1. The molecule has 2 aromatic carbocycles. The lowest BCUT2D eigenvalue weighted by atomic mass is 10.00. The lowest BCUT2D eigenvalue weighted by Gasteiger charge is -2.43. The van der Waals surface area contributed by atoms with E-state index in [9.17, 15) is 19.7 Å². The number of carbonyl (C=O) groups excluding carboxylic acids is 2. The Balaban J connectivity index is 2.17. The molecule has 2 aromatic rings. The van der Waals surface area contributed by atoms with E-state index < -0.39 is 11.1 Å². The van der Waals surface area contributed by atoms with Gasteiger partial charge in [0.25, 0.3) is 11.6 Å². The summed E-state index contributed by atoms with van der Waals surface area (Å²) in [6.45, 7) is 1.67. The molecule has 1 atom stereocenters. The van der Waals surface area contributed by atoms with Crippen LogP contribution in [0.1, 0.15) is 27.7 Å². The average molecular weight is 368 g/mol. The van der Waals surface area contributed by atoms with Crippen LogP contribution in [0.15, 0.2) is 42.5 Å². The van der Waals surface area contributed by atoms with Crippen LogP contribution < -0.4 is 10.2 Å². The summed E-state index contributed by atoms with van der Waals surface area (Å²) in [6.07, 6.45) is -0.635. The van der Waals surface area contributed by atoms with E-state index in [1.54, 1.807) is 62.3 Å². The Hall–Kier alpha value is -3.42. The number of nitrogens with zero attached hydrogens (tertiary/aromatic N) is 3. The Morgan fingerprint density at radius 2 is 1.96 bits per heavy atom. The number of hydrogen-bond donors (Lipinski definition) is 1. The lowest BCUT2D eigenvalue weighted by Crippen LogP contribution is -2.50. The molecule has 0 aromatic heterocycles. The summed E-state index contributed by atoms with van der Waals surface area (Å²) < 4.78 is 0. The van der Waals surface area contributed by atoms with Crippen LogP contribution in [0, 0.1) is 17.0 Å². The zero-order valence-electron chi connectivity index (χ0n) is 15.3. The molecule has 0 saturated heterocycles. The maximum atomic E-state index is 12.9. The lowest BCUT2D eigenvalue weighted by molar-refractivity contribution is -0.385. The van der Waals surface area contributed by atoms with Crippen molar-refractivity contribution in [1.29, 1.82) is 0 Å². The number of aryl methyl sites for hydroxylation is 1. The monoisotopic (exact) mass is 368 g/mol. The molecule has 0 spiro atoms.